The van der Waals surface area contributed by atoms with Crippen LogP contribution in [0.2, 0.25) is 10.0 Å². The second kappa shape index (κ2) is 8.92. The summed E-state index contributed by atoms with van der Waals surface area (Å²) in [6.45, 7) is 2.73. The van der Waals surface area contributed by atoms with Crippen molar-refractivity contribution in [1.82, 2.24) is 4.98 Å². The molecule has 3 N–H and O–H groups in total. The number of nitrogens with zero attached hydrogens (tertiary/aromatic N) is 1. The van der Waals surface area contributed by atoms with Crippen molar-refractivity contribution in [2.24, 2.45) is 0 Å². The Kier molecular flexibility index (Phi) is 6.84. The number of hydrogen-bond donors (Lipinski definition) is 3. The van der Waals surface area contributed by atoms with Gasteiger partial charge in [0.15, 0.2) is 9.34 Å². The number of sulfonamides is 2. The van der Waals surface area contributed by atoms with Gasteiger partial charge in [0.2, 0.25) is 5.91 Å². The van der Waals surface area contributed by atoms with Crippen LogP contribution in [0.5, 0.6) is 0 Å². The molecule has 0 atom stereocenters. The van der Waals surface area contributed by atoms with Crippen LogP contribution in [0.15, 0.2) is 38.1 Å². The van der Waals surface area contributed by atoms with Gasteiger partial charge in [-0.3, -0.25) is 14.2 Å². The maximum Gasteiger partial charge on any atom is 0.273 e. The molecular weight excluding hydrogens is 527 g/mol. The smallest absolute Gasteiger partial charge is 0.273 e. The molecule has 0 saturated carbocycles. The summed E-state index contributed by atoms with van der Waals surface area (Å²) in [5.41, 5.74) is -0.0962. The number of thiophene rings is 1. The van der Waals surface area contributed by atoms with Crippen molar-refractivity contribution in [3.63, 3.8) is 0 Å². The Morgan fingerprint density at radius 3 is 2.13 bits per heavy atom. The van der Waals surface area contributed by atoms with Gasteiger partial charge in [-0.1, -0.05) is 40.6 Å². The SMILES string of the molecule is CC(=O)Nc1nc(C)c(S(=O)(=O)Nc2cc(Cl)c(Cl)cc2NS(=O)(=O)c2cccs2)s1. The van der Waals surface area contributed by atoms with Crippen molar-refractivity contribution < 1.29 is 21.6 Å². The quantitative estimate of drug-likeness (QED) is 0.407. The van der Waals surface area contributed by atoms with Gasteiger partial charge in [0.25, 0.3) is 20.0 Å². The zero-order chi connectivity index (χ0) is 23.0. The van der Waals surface area contributed by atoms with E-state index in [4.69, 9.17) is 23.2 Å². The molecule has 3 rings (SSSR count). The van der Waals surface area contributed by atoms with Gasteiger partial charge in [-0.25, -0.2) is 21.8 Å². The topological polar surface area (TPSA) is 134 Å². The van der Waals surface area contributed by atoms with Crippen LogP contribution in [0.1, 0.15) is 12.6 Å². The van der Waals surface area contributed by atoms with Gasteiger partial charge in [-0.15, -0.1) is 11.3 Å². The van der Waals surface area contributed by atoms with E-state index in [9.17, 15) is 21.6 Å². The van der Waals surface area contributed by atoms with Gasteiger partial charge in [-0.05, 0) is 30.5 Å². The first-order valence-corrected chi connectivity index (χ1v) is 13.6. The third kappa shape index (κ3) is 5.48. The molecular formula is C16H14Cl2N4O5S4. The number of aromatic nitrogens is 1. The summed E-state index contributed by atoms with van der Waals surface area (Å²) in [4.78, 5) is 15.2. The maximum absolute atomic E-state index is 13.0. The van der Waals surface area contributed by atoms with Crippen molar-refractivity contribution in [2.45, 2.75) is 22.3 Å². The number of thiazole rings is 1. The molecule has 0 radical (unpaired) electrons. The van der Waals surface area contributed by atoms with Gasteiger partial charge < -0.3 is 5.32 Å². The number of carbonyl (C=O) groups is 1. The van der Waals surface area contributed by atoms with E-state index in [-0.39, 0.29) is 40.7 Å². The lowest BCUT2D eigenvalue weighted by Crippen LogP contribution is -2.17. The zero-order valence-electron chi connectivity index (χ0n) is 15.8. The van der Waals surface area contributed by atoms with E-state index in [0.29, 0.717) is 0 Å². The number of nitrogens with one attached hydrogen (secondary N) is 3. The van der Waals surface area contributed by atoms with E-state index in [1.807, 2.05) is 0 Å². The van der Waals surface area contributed by atoms with Crippen LogP contribution in [0, 0.1) is 6.92 Å². The lowest BCUT2D eigenvalue weighted by molar-refractivity contribution is -0.114. The van der Waals surface area contributed by atoms with Crippen LogP contribution in [0.4, 0.5) is 16.5 Å². The summed E-state index contributed by atoms with van der Waals surface area (Å²) in [7, 11) is -8.18. The molecule has 0 saturated heterocycles. The monoisotopic (exact) mass is 540 g/mol. The summed E-state index contributed by atoms with van der Waals surface area (Å²) < 4.78 is 55.6. The summed E-state index contributed by atoms with van der Waals surface area (Å²) in [5.74, 6) is -0.402. The molecule has 0 aliphatic heterocycles. The molecule has 1 aromatic carbocycles. The Morgan fingerprint density at radius 1 is 1.03 bits per heavy atom. The van der Waals surface area contributed by atoms with Crippen LogP contribution >= 0.6 is 45.9 Å². The molecule has 0 spiro atoms. The average Bonchev–Trinajstić information content (AvgIpc) is 3.29. The number of benzene rings is 1. The normalized spacial score (nSPS) is 11.9. The van der Waals surface area contributed by atoms with Crippen LogP contribution in [0.3, 0.4) is 0 Å². The minimum atomic E-state index is -4.20. The van der Waals surface area contributed by atoms with E-state index in [0.717, 1.165) is 22.7 Å². The molecule has 0 fully saturated rings. The molecule has 3 aromatic rings. The molecule has 9 nitrogen and oxygen atoms in total. The fourth-order valence-corrected chi connectivity index (χ4v) is 7.28. The first-order valence-electron chi connectivity index (χ1n) is 8.22. The molecule has 0 bridgehead atoms. The first-order chi connectivity index (χ1) is 14.4. The Labute approximate surface area is 196 Å². The highest BCUT2D eigenvalue weighted by Gasteiger charge is 2.25. The second-order valence-corrected chi connectivity index (χ2v) is 12.6. The third-order valence-corrected chi connectivity index (χ3v) is 10.1. The maximum atomic E-state index is 13.0. The van der Waals surface area contributed by atoms with Gasteiger partial charge in [0.1, 0.15) is 4.21 Å². The molecule has 0 aliphatic rings. The molecule has 2 heterocycles. The molecule has 166 valence electrons. The Hall–Kier alpha value is -1.90. The second-order valence-electron chi connectivity index (χ2n) is 6.03. The zero-order valence-corrected chi connectivity index (χ0v) is 20.5. The summed E-state index contributed by atoms with van der Waals surface area (Å²) in [6.07, 6.45) is 0. The lowest BCUT2D eigenvalue weighted by Gasteiger charge is -2.15. The van der Waals surface area contributed by atoms with Crippen molar-refractivity contribution in [3.05, 3.63) is 45.4 Å². The Bertz CT molecular complexity index is 1350. The van der Waals surface area contributed by atoms with Crippen molar-refractivity contribution >= 4 is 88.3 Å². The van der Waals surface area contributed by atoms with Crippen molar-refractivity contribution in [1.29, 1.82) is 0 Å². The Balaban J connectivity index is 2.00. The highest BCUT2D eigenvalue weighted by atomic mass is 35.5. The summed E-state index contributed by atoms with van der Waals surface area (Å²) in [5, 5.41) is 4.16. The van der Waals surface area contributed by atoms with Gasteiger partial charge >= 0.3 is 0 Å². The number of carbonyl (C=O) groups excluding carboxylic acids is 1. The number of hydrogen-bond acceptors (Lipinski definition) is 8. The third-order valence-electron chi connectivity index (χ3n) is 3.59. The molecule has 1 amide bonds. The number of rotatable bonds is 7. The highest BCUT2D eigenvalue weighted by molar-refractivity contribution is 7.95. The minimum Gasteiger partial charge on any atom is -0.302 e. The molecule has 15 heteroatoms. The number of anilines is 3. The van der Waals surface area contributed by atoms with Crippen LogP contribution in [0.25, 0.3) is 0 Å². The molecule has 0 unspecified atom stereocenters. The number of amides is 1. The van der Waals surface area contributed by atoms with E-state index in [1.54, 1.807) is 11.4 Å². The minimum absolute atomic E-state index is 0.0124. The van der Waals surface area contributed by atoms with Gasteiger partial charge in [0, 0.05) is 6.92 Å². The first kappa shape index (κ1) is 23.8. The fourth-order valence-electron chi connectivity index (χ4n) is 2.35. The summed E-state index contributed by atoms with van der Waals surface area (Å²) in [6, 6.07) is 5.36. The van der Waals surface area contributed by atoms with E-state index in [2.05, 4.69) is 19.7 Å². The predicted octanol–water partition coefficient (Wildman–Crippen LogP) is 4.38. The number of aryl methyl sites for hydroxylation is 1. The standard InChI is InChI=1S/C16H14Cl2N4O5S4/c1-8-15(29-16(19-8)20-9(2)23)31(26,27)22-13-7-11(18)10(17)6-12(13)21-30(24,25)14-4-3-5-28-14/h3-7,21-22H,1-2H3,(H,19,20,23). The Morgan fingerprint density at radius 2 is 1.61 bits per heavy atom. The molecule has 0 aliphatic carbocycles. The van der Waals surface area contributed by atoms with E-state index in [1.165, 1.54) is 32.0 Å². The largest absolute Gasteiger partial charge is 0.302 e. The number of halogens is 2. The van der Waals surface area contributed by atoms with Crippen LogP contribution in [-0.4, -0.2) is 27.7 Å². The predicted molar refractivity (Wildman–Crippen MR) is 124 cm³/mol. The van der Waals surface area contributed by atoms with Crippen molar-refractivity contribution in [3.8, 4) is 0 Å². The van der Waals surface area contributed by atoms with E-state index >= 15 is 0 Å². The summed E-state index contributed by atoms with van der Waals surface area (Å²) >= 11 is 13.8. The van der Waals surface area contributed by atoms with E-state index < -0.39 is 26.0 Å². The lowest BCUT2D eigenvalue weighted by atomic mass is 10.3. The van der Waals surface area contributed by atoms with Crippen LogP contribution < -0.4 is 14.8 Å². The highest BCUT2D eigenvalue weighted by Crippen LogP contribution is 2.37. The van der Waals surface area contributed by atoms with Gasteiger partial charge in [0.05, 0.1) is 27.1 Å². The van der Waals surface area contributed by atoms with Crippen LogP contribution in [-0.2, 0) is 24.8 Å². The molecule has 2 aromatic heterocycles. The fraction of sp³-hybridized carbons (Fsp3) is 0.125. The van der Waals surface area contributed by atoms with Gasteiger partial charge in [-0.2, -0.15) is 0 Å². The van der Waals surface area contributed by atoms with Crippen molar-refractivity contribution in [2.75, 3.05) is 14.8 Å². The average molecular weight is 541 g/mol. The molecule has 31 heavy (non-hydrogen) atoms.